The number of hydrogen-bond donors (Lipinski definition) is 1. The predicted octanol–water partition coefficient (Wildman–Crippen LogP) is 2.40. The van der Waals surface area contributed by atoms with Crippen molar-refractivity contribution in [3.05, 3.63) is 35.4 Å². The van der Waals surface area contributed by atoms with E-state index in [1.807, 2.05) is 0 Å². The lowest BCUT2D eigenvalue weighted by molar-refractivity contribution is -0.137. The zero-order valence-corrected chi connectivity index (χ0v) is 10.7. The van der Waals surface area contributed by atoms with Crippen molar-refractivity contribution in [2.75, 3.05) is 13.1 Å². The van der Waals surface area contributed by atoms with Crippen LogP contribution in [0.15, 0.2) is 24.3 Å². The first-order chi connectivity index (χ1) is 8.88. The Morgan fingerprint density at radius 3 is 2.26 bits per heavy atom. The maximum atomic E-state index is 12.4. The Bertz CT molecular complexity index is 415. The van der Waals surface area contributed by atoms with Crippen LogP contribution in [0, 0.1) is 0 Å². The molecule has 19 heavy (non-hydrogen) atoms. The second-order valence-electron chi connectivity index (χ2n) is 4.15. The summed E-state index contributed by atoms with van der Waals surface area (Å²) in [6.07, 6.45) is -3.99. The Kier molecular flexibility index (Phi) is 5.35. The minimum atomic E-state index is -4.34. The van der Waals surface area contributed by atoms with Crippen LogP contribution in [0.2, 0.25) is 0 Å². The van der Waals surface area contributed by atoms with E-state index < -0.39 is 11.7 Å². The van der Waals surface area contributed by atoms with Gasteiger partial charge in [-0.25, -0.2) is 0 Å². The SMILES string of the molecule is CCC(=O)N(CCN)Cc1ccc(C(F)(F)F)cc1. The van der Waals surface area contributed by atoms with Crippen LogP contribution in [0.3, 0.4) is 0 Å². The zero-order valence-electron chi connectivity index (χ0n) is 10.7. The van der Waals surface area contributed by atoms with Gasteiger partial charge in [0.2, 0.25) is 5.91 Å². The Hall–Kier alpha value is -1.56. The van der Waals surface area contributed by atoms with E-state index in [2.05, 4.69) is 0 Å². The summed E-state index contributed by atoms with van der Waals surface area (Å²) in [5, 5.41) is 0. The molecule has 6 heteroatoms. The van der Waals surface area contributed by atoms with E-state index in [4.69, 9.17) is 5.73 Å². The van der Waals surface area contributed by atoms with Gasteiger partial charge in [0.25, 0.3) is 0 Å². The first-order valence-electron chi connectivity index (χ1n) is 6.02. The van der Waals surface area contributed by atoms with Gasteiger partial charge in [-0.1, -0.05) is 19.1 Å². The first kappa shape index (κ1) is 15.5. The summed E-state index contributed by atoms with van der Waals surface area (Å²) in [5.74, 6) is -0.0645. The fourth-order valence-corrected chi connectivity index (χ4v) is 1.69. The van der Waals surface area contributed by atoms with Crippen LogP contribution in [0.25, 0.3) is 0 Å². The van der Waals surface area contributed by atoms with Gasteiger partial charge in [-0.2, -0.15) is 13.2 Å². The number of halogens is 3. The van der Waals surface area contributed by atoms with Crippen molar-refractivity contribution < 1.29 is 18.0 Å². The fourth-order valence-electron chi connectivity index (χ4n) is 1.69. The molecular weight excluding hydrogens is 257 g/mol. The Labute approximate surface area is 110 Å². The van der Waals surface area contributed by atoms with Crippen LogP contribution in [0.4, 0.5) is 13.2 Å². The molecule has 0 fully saturated rings. The highest BCUT2D eigenvalue weighted by molar-refractivity contribution is 5.75. The minimum Gasteiger partial charge on any atom is -0.337 e. The number of carbonyl (C=O) groups is 1. The van der Waals surface area contributed by atoms with Crippen LogP contribution in [0.1, 0.15) is 24.5 Å². The highest BCUT2D eigenvalue weighted by atomic mass is 19.4. The maximum absolute atomic E-state index is 12.4. The molecule has 3 nitrogen and oxygen atoms in total. The molecule has 0 aromatic heterocycles. The molecule has 0 heterocycles. The summed E-state index contributed by atoms with van der Waals surface area (Å²) < 4.78 is 37.2. The van der Waals surface area contributed by atoms with Crippen LogP contribution in [-0.4, -0.2) is 23.9 Å². The molecule has 0 atom stereocenters. The van der Waals surface area contributed by atoms with Gasteiger partial charge in [0.15, 0.2) is 0 Å². The summed E-state index contributed by atoms with van der Waals surface area (Å²) in [6, 6.07) is 4.81. The lowest BCUT2D eigenvalue weighted by Crippen LogP contribution is -2.34. The summed E-state index contributed by atoms with van der Waals surface area (Å²) in [6.45, 7) is 2.74. The van der Waals surface area contributed by atoms with E-state index in [9.17, 15) is 18.0 Å². The van der Waals surface area contributed by atoms with E-state index in [1.54, 1.807) is 11.8 Å². The van der Waals surface area contributed by atoms with Crippen molar-refractivity contribution in [1.82, 2.24) is 4.90 Å². The number of amides is 1. The third-order valence-corrected chi connectivity index (χ3v) is 2.71. The summed E-state index contributed by atoms with van der Waals surface area (Å²) in [5.41, 5.74) is 5.38. The minimum absolute atomic E-state index is 0.0645. The summed E-state index contributed by atoms with van der Waals surface area (Å²) >= 11 is 0. The molecule has 0 radical (unpaired) electrons. The largest absolute Gasteiger partial charge is 0.416 e. The van der Waals surface area contributed by atoms with E-state index in [1.165, 1.54) is 12.1 Å². The van der Waals surface area contributed by atoms with Gasteiger partial charge in [-0.3, -0.25) is 4.79 Å². The van der Waals surface area contributed by atoms with Gasteiger partial charge in [0.05, 0.1) is 5.56 Å². The highest BCUT2D eigenvalue weighted by Crippen LogP contribution is 2.29. The second kappa shape index (κ2) is 6.56. The van der Waals surface area contributed by atoms with Crippen molar-refractivity contribution in [2.24, 2.45) is 5.73 Å². The number of benzene rings is 1. The van der Waals surface area contributed by atoms with Crippen LogP contribution in [0.5, 0.6) is 0 Å². The zero-order chi connectivity index (χ0) is 14.5. The molecule has 0 unspecified atom stereocenters. The van der Waals surface area contributed by atoms with Gasteiger partial charge in [0, 0.05) is 26.1 Å². The predicted molar refractivity (Wildman–Crippen MR) is 66.2 cm³/mol. The summed E-state index contributed by atoms with van der Waals surface area (Å²) in [7, 11) is 0. The Balaban J connectivity index is 2.78. The summed E-state index contributed by atoms with van der Waals surface area (Å²) in [4.78, 5) is 13.2. The third-order valence-electron chi connectivity index (χ3n) is 2.71. The molecule has 0 spiro atoms. The van der Waals surface area contributed by atoms with E-state index in [-0.39, 0.29) is 12.5 Å². The van der Waals surface area contributed by atoms with Gasteiger partial charge in [-0.15, -0.1) is 0 Å². The van der Waals surface area contributed by atoms with Gasteiger partial charge >= 0.3 is 6.18 Å². The Morgan fingerprint density at radius 1 is 1.26 bits per heavy atom. The highest BCUT2D eigenvalue weighted by Gasteiger charge is 2.29. The third kappa shape index (κ3) is 4.55. The molecule has 1 amide bonds. The van der Waals surface area contributed by atoms with Crippen molar-refractivity contribution in [3.63, 3.8) is 0 Å². The average Bonchev–Trinajstić information content (AvgIpc) is 2.37. The number of nitrogens with zero attached hydrogens (tertiary/aromatic N) is 1. The molecule has 0 saturated carbocycles. The first-order valence-corrected chi connectivity index (χ1v) is 6.02. The molecule has 1 rings (SSSR count). The van der Waals surface area contributed by atoms with Crippen molar-refractivity contribution in [3.8, 4) is 0 Å². The molecule has 0 bridgehead atoms. The molecule has 0 aliphatic rings. The van der Waals surface area contributed by atoms with Crippen molar-refractivity contribution >= 4 is 5.91 Å². The van der Waals surface area contributed by atoms with E-state index >= 15 is 0 Å². The number of carbonyl (C=O) groups excluding carboxylic acids is 1. The van der Waals surface area contributed by atoms with Gasteiger partial charge in [0.1, 0.15) is 0 Å². The average molecular weight is 274 g/mol. The molecule has 0 saturated heterocycles. The second-order valence-corrected chi connectivity index (χ2v) is 4.15. The topological polar surface area (TPSA) is 46.3 Å². The molecule has 2 N–H and O–H groups in total. The molecule has 1 aromatic rings. The van der Waals surface area contributed by atoms with Gasteiger partial charge in [-0.05, 0) is 17.7 Å². The smallest absolute Gasteiger partial charge is 0.337 e. The lowest BCUT2D eigenvalue weighted by Gasteiger charge is -2.21. The fraction of sp³-hybridized carbons (Fsp3) is 0.462. The van der Waals surface area contributed by atoms with E-state index in [0.717, 1.165) is 12.1 Å². The number of alkyl halides is 3. The van der Waals surface area contributed by atoms with Crippen LogP contribution >= 0.6 is 0 Å². The van der Waals surface area contributed by atoms with Crippen molar-refractivity contribution in [1.29, 1.82) is 0 Å². The lowest BCUT2D eigenvalue weighted by atomic mass is 10.1. The molecule has 0 aliphatic heterocycles. The van der Waals surface area contributed by atoms with Crippen LogP contribution in [-0.2, 0) is 17.5 Å². The van der Waals surface area contributed by atoms with Crippen molar-refractivity contribution in [2.45, 2.75) is 26.1 Å². The maximum Gasteiger partial charge on any atom is 0.416 e. The molecular formula is C13H17F3N2O. The molecule has 0 aliphatic carbocycles. The quantitative estimate of drug-likeness (QED) is 0.896. The number of hydrogen-bond acceptors (Lipinski definition) is 2. The standard InChI is InChI=1S/C13H17F3N2O/c1-2-12(19)18(8-7-17)9-10-3-5-11(6-4-10)13(14,15)16/h3-6H,2,7-9,17H2,1H3. The van der Waals surface area contributed by atoms with E-state index in [0.29, 0.717) is 25.1 Å². The molecule has 1 aromatic carbocycles. The van der Waals surface area contributed by atoms with Crippen LogP contribution < -0.4 is 5.73 Å². The number of nitrogens with two attached hydrogens (primary N) is 1. The normalized spacial score (nSPS) is 11.4. The Morgan fingerprint density at radius 2 is 1.84 bits per heavy atom. The monoisotopic (exact) mass is 274 g/mol. The molecule has 106 valence electrons. The van der Waals surface area contributed by atoms with Gasteiger partial charge < -0.3 is 10.6 Å². The number of rotatable bonds is 5.